The number of likely N-dealkylation sites (N-methyl/N-ethyl adjacent to an activating group) is 1. The molecule has 1 fully saturated rings. The summed E-state index contributed by atoms with van der Waals surface area (Å²) in [6.07, 6.45) is 0.417. The molecule has 1 saturated heterocycles. The second-order valence-corrected chi connectivity index (χ2v) is 10.3. The first-order chi connectivity index (χ1) is 15.0. The molecule has 0 bridgehead atoms. The van der Waals surface area contributed by atoms with E-state index < -0.39 is 18.2 Å². The second kappa shape index (κ2) is 8.12. The zero-order valence-corrected chi connectivity index (χ0v) is 18.9. The Balaban J connectivity index is 1.39. The van der Waals surface area contributed by atoms with Crippen LogP contribution in [0.1, 0.15) is 16.1 Å². The summed E-state index contributed by atoms with van der Waals surface area (Å²) >= 11 is 3.19. The average Bonchev–Trinajstić information content (AvgIpc) is 3.36. The maximum atomic E-state index is 12.8. The van der Waals surface area contributed by atoms with Crippen LogP contribution in [0, 0.1) is 6.92 Å². The molecule has 3 aliphatic heterocycles. The van der Waals surface area contributed by atoms with E-state index in [1.165, 1.54) is 16.0 Å². The predicted molar refractivity (Wildman–Crippen MR) is 119 cm³/mol. The molecular weight excluding hydrogens is 434 g/mol. The van der Waals surface area contributed by atoms with Crippen LogP contribution in [0.15, 0.2) is 33.6 Å². The van der Waals surface area contributed by atoms with Crippen molar-refractivity contribution in [3.63, 3.8) is 0 Å². The van der Waals surface area contributed by atoms with Crippen LogP contribution in [0.2, 0.25) is 0 Å². The van der Waals surface area contributed by atoms with Gasteiger partial charge in [0.2, 0.25) is 0 Å². The number of guanidine groups is 1. The molecule has 0 radical (unpaired) electrons. The van der Waals surface area contributed by atoms with Crippen molar-refractivity contribution < 1.29 is 9.59 Å². The number of imide groups is 1. The van der Waals surface area contributed by atoms with Crippen LogP contribution in [0.4, 0.5) is 4.79 Å². The Morgan fingerprint density at radius 1 is 1.23 bits per heavy atom. The van der Waals surface area contributed by atoms with Gasteiger partial charge in [-0.05, 0) is 24.5 Å². The molecule has 5 rings (SSSR count). The van der Waals surface area contributed by atoms with Crippen molar-refractivity contribution in [1.29, 1.82) is 0 Å². The summed E-state index contributed by atoms with van der Waals surface area (Å²) in [6, 6.07) is 7.51. The Kier molecular flexibility index (Phi) is 5.30. The number of benzene rings is 1. The van der Waals surface area contributed by atoms with Gasteiger partial charge in [0.15, 0.2) is 22.5 Å². The van der Waals surface area contributed by atoms with Crippen molar-refractivity contribution in [3.8, 4) is 0 Å². The summed E-state index contributed by atoms with van der Waals surface area (Å²) in [5.41, 5.74) is 2.63. The van der Waals surface area contributed by atoms with E-state index in [-0.39, 0.29) is 5.91 Å². The summed E-state index contributed by atoms with van der Waals surface area (Å²) in [5, 5.41) is 11.6. The number of nitrogens with zero attached hydrogens (tertiary/aromatic N) is 6. The molecule has 2 unspecified atom stereocenters. The Hall–Kier alpha value is -2.66. The molecule has 2 atom stereocenters. The first-order valence-electron chi connectivity index (χ1n) is 10.2. The quantitative estimate of drug-likeness (QED) is 0.696. The number of fused-ring (bicyclic) bond motifs is 2. The van der Waals surface area contributed by atoms with Gasteiger partial charge in [-0.3, -0.25) is 10.1 Å². The Bertz CT molecular complexity index is 1060. The number of aliphatic imine (C=N–C) groups is 1. The number of urea groups is 1. The number of aromatic nitrogens is 2. The minimum Gasteiger partial charge on any atom is -0.338 e. The second-order valence-electron chi connectivity index (χ2n) is 7.76. The molecule has 31 heavy (non-hydrogen) atoms. The van der Waals surface area contributed by atoms with Crippen LogP contribution in [0.25, 0.3) is 0 Å². The van der Waals surface area contributed by atoms with Crippen molar-refractivity contribution in [2.24, 2.45) is 4.99 Å². The highest BCUT2D eigenvalue weighted by atomic mass is 32.2. The number of hydrogen-bond donors (Lipinski definition) is 1. The summed E-state index contributed by atoms with van der Waals surface area (Å²) in [6.45, 7) is 4.13. The molecule has 0 saturated carbocycles. The SMILES string of the molecule is Cc1nnc(SCCN2C(N3CCc4ccccc4C3)=NC3C2C(=O)NC(=O)N3C)s1. The first-order valence-corrected chi connectivity index (χ1v) is 12.0. The fourth-order valence-corrected chi connectivity index (χ4v) is 6.07. The molecule has 4 heterocycles. The number of nitrogens with one attached hydrogen (secondary N) is 1. The first kappa shape index (κ1) is 20.3. The summed E-state index contributed by atoms with van der Waals surface area (Å²) in [7, 11) is 1.69. The number of carbonyl (C=O) groups is 2. The van der Waals surface area contributed by atoms with Crippen molar-refractivity contribution in [2.45, 2.75) is 36.4 Å². The van der Waals surface area contributed by atoms with E-state index in [1.807, 2.05) is 6.92 Å². The van der Waals surface area contributed by atoms with E-state index in [0.29, 0.717) is 6.54 Å². The smallest absolute Gasteiger partial charge is 0.325 e. The van der Waals surface area contributed by atoms with Crippen molar-refractivity contribution >= 4 is 41.0 Å². The van der Waals surface area contributed by atoms with Crippen LogP contribution >= 0.6 is 23.1 Å². The molecule has 1 aromatic heterocycles. The van der Waals surface area contributed by atoms with Crippen LogP contribution < -0.4 is 5.32 Å². The predicted octanol–water partition coefficient (Wildman–Crippen LogP) is 1.54. The van der Waals surface area contributed by atoms with Gasteiger partial charge in [-0.15, -0.1) is 10.2 Å². The zero-order valence-electron chi connectivity index (χ0n) is 17.3. The number of rotatable bonds is 4. The zero-order chi connectivity index (χ0) is 21.5. The fraction of sp³-hybridized carbons (Fsp3) is 0.450. The standard InChI is InChI=1S/C20H23N7O2S2/c1-12-23-24-20(31-12)30-10-9-27-15-16(25(2)19(29)22-17(15)28)21-18(27)26-8-7-13-5-3-4-6-14(13)11-26/h3-6,15-16H,7-11H2,1-2H3,(H,22,28,29). The monoisotopic (exact) mass is 457 g/mol. The average molecular weight is 458 g/mol. The van der Waals surface area contributed by atoms with Gasteiger partial charge < -0.3 is 14.7 Å². The molecule has 3 aliphatic rings. The Labute approximate surface area is 188 Å². The largest absolute Gasteiger partial charge is 0.338 e. The van der Waals surface area contributed by atoms with E-state index in [0.717, 1.165) is 40.6 Å². The molecule has 0 spiro atoms. The molecule has 0 aliphatic carbocycles. The lowest BCUT2D eigenvalue weighted by Crippen LogP contribution is -2.64. The fourth-order valence-electron chi connectivity index (χ4n) is 4.25. The third kappa shape index (κ3) is 3.76. The topological polar surface area (TPSA) is 94.0 Å². The molecule has 11 heteroatoms. The van der Waals surface area contributed by atoms with Gasteiger partial charge in [0.05, 0.1) is 0 Å². The lowest BCUT2D eigenvalue weighted by atomic mass is 10.0. The van der Waals surface area contributed by atoms with E-state index >= 15 is 0 Å². The van der Waals surface area contributed by atoms with E-state index in [2.05, 4.69) is 49.6 Å². The molecule has 1 aromatic carbocycles. The third-order valence-electron chi connectivity index (χ3n) is 5.82. The highest BCUT2D eigenvalue weighted by molar-refractivity contribution is 8.01. The highest BCUT2D eigenvalue weighted by Crippen LogP contribution is 2.29. The van der Waals surface area contributed by atoms with Gasteiger partial charge in [-0.25, -0.2) is 9.79 Å². The molecule has 9 nitrogen and oxygen atoms in total. The number of hydrogen-bond acceptors (Lipinski definition) is 9. The molecule has 1 N–H and O–H groups in total. The number of amides is 3. The van der Waals surface area contributed by atoms with E-state index in [1.54, 1.807) is 30.1 Å². The van der Waals surface area contributed by atoms with Crippen molar-refractivity contribution in [1.82, 2.24) is 30.2 Å². The highest BCUT2D eigenvalue weighted by Gasteiger charge is 2.49. The minimum absolute atomic E-state index is 0.291. The third-order valence-corrected chi connectivity index (χ3v) is 7.77. The Morgan fingerprint density at radius 3 is 2.81 bits per heavy atom. The Morgan fingerprint density at radius 2 is 2.03 bits per heavy atom. The summed E-state index contributed by atoms with van der Waals surface area (Å²) in [5.74, 6) is 1.24. The maximum Gasteiger partial charge on any atom is 0.325 e. The van der Waals surface area contributed by atoms with E-state index in [9.17, 15) is 9.59 Å². The van der Waals surface area contributed by atoms with Gasteiger partial charge in [-0.2, -0.15) is 0 Å². The lowest BCUT2D eigenvalue weighted by Gasteiger charge is -2.38. The molecule has 2 aromatic rings. The minimum atomic E-state index is -0.522. The van der Waals surface area contributed by atoms with Crippen LogP contribution in [-0.4, -0.2) is 80.9 Å². The summed E-state index contributed by atoms with van der Waals surface area (Å²) < 4.78 is 0.916. The number of aryl methyl sites for hydroxylation is 1. The van der Waals surface area contributed by atoms with Gasteiger partial charge in [-0.1, -0.05) is 47.4 Å². The van der Waals surface area contributed by atoms with E-state index in [4.69, 9.17) is 4.99 Å². The van der Waals surface area contributed by atoms with Gasteiger partial charge >= 0.3 is 6.03 Å². The van der Waals surface area contributed by atoms with Crippen LogP contribution in [0.5, 0.6) is 0 Å². The number of carbonyl (C=O) groups excluding carboxylic acids is 2. The molecule has 162 valence electrons. The normalized spacial score (nSPS) is 22.9. The summed E-state index contributed by atoms with van der Waals surface area (Å²) in [4.78, 5) is 35.6. The molecule has 3 amide bonds. The van der Waals surface area contributed by atoms with Gasteiger partial charge in [0.1, 0.15) is 5.01 Å². The van der Waals surface area contributed by atoms with Crippen LogP contribution in [0.3, 0.4) is 0 Å². The maximum absolute atomic E-state index is 12.8. The number of thioether (sulfide) groups is 1. The van der Waals surface area contributed by atoms with Crippen molar-refractivity contribution in [2.75, 3.05) is 25.9 Å². The molecular formula is C20H23N7O2S2. The van der Waals surface area contributed by atoms with Crippen LogP contribution in [-0.2, 0) is 17.8 Å². The van der Waals surface area contributed by atoms with Gasteiger partial charge in [0.25, 0.3) is 5.91 Å². The van der Waals surface area contributed by atoms with Crippen molar-refractivity contribution in [3.05, 3.63) is 40.4 Å². The lowest BCUT2D eigenvalue weighted by molar-refractivity contribution is -0.127. The van der Waals surface area contributed by atoms with Gasteiger partial charge in [0, 0.05) is 32.4 Å².